The summed E-state index contributed by atoms with van der Waals surface area (Å²) in [6, 6.07) is 26.1. The van der Waals surface area contributed by atoms with Crippen molar-refractivity contribution < 1.29 is 9.59 Å². The average molecular weight is 407 g/mol. The van der Waals surface area contributed by atoms with Gasteiger partial charge >= 0.3 is 0 Å². The van der Waals surface area contributed by atoms with Gasteiger partial charge in [0.25, 0.3) is 11.8 Å². The number of aromatic nitrogens is 1. The lowest BCUT2D eigenvalue weighted by atomic mass is 10.2. The number of fused-ring (bicyclic) bond motifs is 1. The van der Waals surface area contributed by atoms with E-state index in [0.29, 0.717) is 11.3 Å². The molecule has 0 bridgehead atoms. The molecule has 0 saturated heterocycles. The predicted octanol–water partition coefficient (Wildman–Crippen LogP) is 5.13. The van der Waals surface area contributed by atoms with Crippen LogP contribution in [0.5, 0.6) is 0 Å². The summed E-state index contributed by atoms with van der Waals surface area (Å²) in [5.74, 6) is -0.761. The van der Waals surface area contributed by atoms with Gasteiger partial charge in [0.1, 0.15) is 5.70 Å². The summed E-state index contributed by atoms with van der Waals surface area (Å²) in [5.41, 5.74) is 3.16. The fraction of sp³-hybridized carbons (Fsp3) is 0. The van der Waals surface area contributed by atoms with Gasteiger partial charge in [-0.25, -0.2) is 0 Å². The average Bonchev–Trinajstić information content (AvgIpc) is 3.27. The first-order valence-electron chi connectivity index (χ1n) is 9.87. The molecule has 4 aromatic rings. The van der Waals surface area contributed by atoms with Gasteiger partial charge in [-0.1, -0.05) is 66.7 Å². The number of rotatable bonds is 6. The number of hydrogen-bond acceptors (Lipinski definition) is 2. The van der Waals surface area contributed by atoms with Crippen LogP contribution in [0.3, 0.4) is 0 Å². The van der Waals surface area contributed by atoms with E-state index < -0.39 is 5.91 Å². The number of anilines is 1. The van der Waals surface area contributed by atoms with E-state index in [-0.39, 0.29) is 11.6 Å². The van der Waals surface area contributed by atoms with Crippen LogP contribution in [0.25, 0.3) is 17.0 Å². The molecule has 0 aliphatic rings. The predicted molar refractivity (Wildman–Crippen MR) is 124 cm³/mol. The summed E-state index contributed by atoms with van der Waals surface area (Å²) in [6.45, 7) is 0. The number of hydrogen-bond donors (Lipinski definition) is 3. The van der Waals surface area contributed by atoms with Gasteiger partial charge in [0.05, 0.1) is 0 Å². The third-order valence-electron chi connectivity index (χ3n) is 4.69. The molecule has 5 nitrogen and oxygen atoms in total. The molecule has 0 unspecified atom stereocenters. The minimum atomic E-state index is -0.409. The van der Waals surface area contributed by atoms with E-state index >= 15 is 0 Å². The third-order valence-corrected chi connectivity index (χ3v) is 4.69. The van der Waals surface area contributed by atoms with Gasteiger partial charge in [0.2, 0.25) is 0 Å². The summed E-state index contributed by atoms with van der Waals surface area (Å²) in [6.07, 6.45) is 7.04. The summed E-state index contributed by atoms with van der Waals surface area (Å²) < 4.78 is 0. The quantitative estimate of drug-likeness (QED) is 0.306. The van der Waals surface area contributed by atoms with E-state index in [9.17, 15) is 9.59 Å². The first-order valence-corrected chi connectivity index (χ1v) is 9.87. The van der Waals surface area contributed by atoms with Gasteiger partial charge in [-0.15, -0.1) is 0 Å². The van der Waals surface area contributed by atoms with Crippen LogP contribution in [0.4, 0.5) is 5.69 Å². The van der Waals surface area contributed by atoms with Crippen LogP contribution in [0.2, 0.25) is 0 Å². The summed E-state index contributed by atoms with van der Waals surface area (Å²) in [5, 5.41) is 6.63. The van der Waals surface area contributed by atoms with Crippen molar-refractivity contribution in [2.24, 2.45) is 0 Å². The van der Waals surface area contributed by atoms with Crippen LogP contribution in [0.1, 0.15) is 15.9 Å². The SMILES string of the molecule is O=C(Nc1ccc2cc[nH]c2c1)/C(=C\C=C\c1ccccc1)NC(=O)c1ccccc1. The molecule has 1 aromatic heterocycles. The van der Waals surface area contributed by atoms with Crippen molar-refractivity contribution in [2.45, 2.75) is 0 Å². The van der Waals surface area contributed by atoms with Crippen LogP contribution in [-0.4, -0.2) is 16.8 Å². The molecule has 0 aliphatic heterocycles. The highest BCUT2D eigenvalue weighted by Gasteiger charge is 2.14. The second-order valence-corrected chi connectivity index (χ2v) is 6.90. The molecule has 3 aromatic carbocycles. The number of aromatic amines is 1. The fourth-order valence-corrected chi connectivity index (χ4v) is 3.10. The maximum atomic E-state index is 13.0. The Bertz CT molecular complexity index is 1260. The molecule has 2 amide bonds. The van der Waals surface area contributed by atoms with Crippen molar-refractivity contribution in [3.8, 4) is 0 Å². The standard InChI is InChI=1S/C26H21N3O2/c30-25(21-11-5-2-6-12-21)29-23(13-7-10-19-8-3-1-4-9-19)26(31)28-22-15-14-20-16-17-27-24(20)18-22/h1-18,27H,(H,28,31)(H,29,30)/b10-7+,23-13+. The van der Waals surface area contributed by atoms with Crippen LogP contribution < -0.4 is 10.6 Å². The van der Waals surface area contributed by atoms with Crippen molar-refractivity contribution in [1.29, 1.82) is 0 Å². The van der Waals surface area contributed by atoms with Crippen LogP contribution in [0.15, 0.2) is 109 Å². The molecule has 0 spiro atoms. The van der Waals surface area contributed by atoms with E-state index in [1.54, 1.807) is 36.4 Å². The van der Waals surface area contributed by atoms with Crippen LogP contribution in [-0.2, 0) is 4.79 Å². The number of nitrogens with one attached hydrogen (secondary N) is 3. The first kappa shape index (κ1) is 19.9. The van der Waals surface area contributed by atoms with Crippen molar-refractivity contribution in [1.82, 2.24) is 10.3 Å². The molecule has 0 radical (unpaired) electrons. The Balaban J connectivity index is 1.56. The van der Waals surface area contributed by atoms with Gasteiger partial charge < -0.3 is 15.6 Å². The Morgan fingerprint density at radius 3 is 2.35 bits per heavy atom. The van der Waals surface area contributed by atoms with Gasteiger partial charge in [-0.3, -0.25) is 9.59 Å². The topological polar surface area (TPSA) is 74.0 Å². The second kappa shape index (κ2) is 9.41. The van der Waals surface area contributed by atoms with Crippen molar-refractivity contribution in [3.05, 3.63) is 120 Å². The molecule has 3 N–H and O–H groups in total. The van der Waals surface area contributed by atoms with Gasteiger partial charge in [0.15, 0.2) is 0 Å². The first-order chi connectivity index (χ1) is 15.2. The minimum Gasteiger partial charge on any atom is -0.361 e. The fourth-order valence-electron chi connectivity index (χ4n) is 3.10. The Morgan fingerprint density at radius 1 is 0.839 bits per heavy atom. The Hall–Kier alpha value is -4.38. The number of amides is 2. The largest absolute Gasteiger partial charge is 0.361 e. The smallest absolute Gasteiger partial charge is 0.272 e. The Morgan fingerprint density at radius 2 is 1.58 bits per heavy atom. The number of carbonyl (C=O) groups excluding carboxylic acids is 2. The maximum Gasteiger partial charge on any atom is 0.272 e. The van der Waals surface area contributed by atoms with Crippen molar-refractivity contribution in [2.75, 3.05) is 5.32 Å². The number of H-pyrrole nitrogens is 1. The molecule has 1 heterocycles. The highest BCUT2D eigenvalue weighted by atomic mass is 16.2. The highest BCUT2D eigenvalue weighted by Crippen LogP contribution is 2.18. The van der Waals surface area contributed by atoms with Crippen molar-refractivity contribution in [3.63, 3.8) is 0 Å². The summed E-state index contributed by atoms with van der Waals surface area (Å²) in [4.78, 5) is 28.7. The zero-order valence-electron chi connectivity index (χ0n) is 16.7. The zero-order valence-corrected chi connectivity index (χ0v) is 16.7. The molecule has 0 fully saturated rings. The van der Waals surface area contributed by atoms with Crippen LogP contribution >= 0.6 is 0 Å². The molecular formula is C26H21N3O2. The highest BCUT2D eigenvalue weighted by molar-refractivity contribution is 6.08. The van der Waals surface area contributed by atoms with E-state index in [1.165, 1.54) is 0 Å². The molecule has 0 atom stereocenters. The van der Waals surface area contributed by atoms with Gasteiger partial charge in [-0.05, 0) is 47.4 Å². The lowest BCUT2D eigenvalue weighted by molar-refractivity contribution is -0.113. The molecule has 4 rings (SSSR count). The number of carbonyl (C=O) groups is 2. The second-order valence-electron chi connectivity index (χ2n) is 6.90. The van der Waals surface area contributed by atoms with E-state index in [0.717, 1.165) is 16.5 Å². The molecule has 0 saturated carbocycles. The van der Waals surface area contributed by atoms with Gasteiger partial charge in [0, 0.05) is 23.0 Å². The van der Waals surface area contributed by atoms with E-state index in [1.807, 2.05) is 72.9 Å². The number of allylic oxidation sites excluding steroid dienone is 2. The summed E-state index contributed by atoms with van der Waals surface area (Å²) in [7, 11) is 0. The lowest BCUT2D eigenvalue weighted by Crippen LogP contribution is -2.30. The molecule has 152 valence electrons. The van der Waals surface area contributed by atoms with Gasteiger partial charge in [-0.2, -0.15) is 0 Å². The van der Waals surface area contributed by atoms with E-state index in [2.05, 4.69) is 15.6 Å². The van der Waals surface area contributed by atoms with E-state index in [4.69, 9.17) is 0 Å². The molecule has 5 heteroatoms. The Kier molecular flexibility index (Phi) is 6.05. The Labute approximate surface area is 180 Å². The minimum absolute atomic E-state index is 0.146. The monoisotopic (exact) mass is 407 g/mol. The van der Waals surface area contributed by atoms with Crippen molar-refractivity contribution >= 4 is 34.5 Å². The van der Waals surface area contributed by atoms with Crippen LogP contribution in [0, 0.1) is 0 Å². The summed E-state index contributed by atoms with van der Waals surface area (Å²) >= 11 is 0. The molecule has 31 heavy (non-hydrogen) atoms. The maximum absolute atomic E-state index is 13.0. The zero-order chi connectivity index (χ0) is 21.5. The molecular weight excluding hydrogens is 386 g/mol. The number of benzene rings is 3. The molecule has 0 aliphatic carbocycles. The third kappa shape index (κ3) is 5.16. The normalized spacial score (nSPS) is 11.5. The lowest BCUT2D eigenvalue weighted by Gasteiger charge is -2.11.